The van der Waals surface area contributed by atoms with Crippen molar-refractivity contribution in [1.82, 2.24) is 15.5 Å². The van der Waals surface area contributed by atoms with Gasteiger partial charge in [0, 0.05) is 17.1 Å². The average molecular weight is 399 g/mol. The average Bonchev–Trinajstić information content (AvgIpc) is 3.08. The number of carbonyl (C=O) groups is 1. The normalized spacial score (nSPS) is 10.7. The highest BCUT2D eigenvalue weighted by atomic mass is 35.5. The van der Waals surface area contributed by atoms with Crippen LogP contribution >= 0.6 is 34.8 Å². The Morgan fingerprint density at radius 1 is 1.12 bits per heavy atom. The van der Waals surface area contributed by atoms with Crippen LogP contribution in [0, 0.1) is 0 Å². The van der Waals surface area contributed by atoms with E-state index in [1.54, 1.807) is 18.2 Å². The molecule has 1 heterocycles. The number of carbonyl (C=O) groups excluding carboxylic acids is 1. The van der Waals surface area contributed by atoms with Crippen molar-refractivity contribution in [3.8, 4) is 17.2 Å². The van der Waals surface area contributed by atoms with Crippen LogP contribution in [0.4, 0.5) is 0 Å². The molecule has 0 saturated carbocycles. The highest BCUT2D eigenvalue weighted by Gasteiger charge is 2.18. The molecule has 3 rings (SSSR count). The van der Waals surface area contributed by atoms with Crippen molar-refractivity contribution < 1.29 is 14.4 Å². The molecule has 0 spiro atoms. The van der Waals surface area contributed by atoms with E-state index in [0.717, 1.165) is 5.56 Å². The maximum Gasteiger partial charge on any atom is 0.292 e. The summed E-state index contributed by atoms with van der Waals surface area (Å²) in [6.45, 7) is 0.221. The van der Waals surface area contributed by atoms with Crippen molar-refractivity contribution >= 4 is 40.7 Å². The molecule has 0 fully saturated rings. The van der Waals surface area contributed by atoms with E-state index in [0.29, 0.717) is 10.6 Å². The van der Waals surface area contributed by atoms with Crippen LogP contribution in [0.1, 0.15) is 16.2 Å². The molecule has 0 atom stereocenters. The fraction of sp³-hybridized carbons (Fsp3) is 0.0625. The minimum atomic E-state index is -0.522. The molecule has 9 heteroatoms. The van der Waals surface area contributed by atoms with Crippen molar-refractivity contribution in [3.63, 3.8) is 0 Å². The van der Waals surface area contributed by atoms with Crippen LogP contribution in [-0.4, -0.2) is 21.2 Å². The first-order valence-corrected chi connectivity index (χ1v) is 8.13. The quantitative estimate of drug-likeness (QED) is 0.683. The zero-order chi connectivity index (χ0) is 18.0. The number of phenolic OH excluding ortho intramolecular Hbond substituents is 1. The number of hydrogen-bond donors (Lipinski definition) is 2. The molecule has 2 aromatic carbocycles. The number of benzene rings is 2. The van der Waals surface area contributed by atoms with E-state index in [4.69, 9.17) is 39.3 Å². The van der Waals surface area contributed by atoms with Crippen LogP contribution in [0.3, 0.4) is 0 Å². The molecule has 128 valence electrons. The number of hydrogen-bond acceptors (Lipinski definition) is 5. The van der Waals surface area contributed by atoms with E-state index in [9.17, 15) is 9.90 Å². The van der Waals surface area contributed by atoms with E-state index in [1.807, 2.05) is 6.07 Å². The molecule has 0 saturated heterocycles. The maximum atomic E-state index is 12.1. The summed E-state index contributed by atoms with van der Waals surface area (Å²) in [5.74, 6) is -0.871. The Morgan fingerprint density at radius 2 is 1.80 bits per heavy atom. The van der Waals surface area contributed by atoms with Gasteiger partial charge < -0.3 is 14.9 Å². The van der Waals surface area contributed by atoms with Gasteiger partial charge in [-0.2, -0.15) is 4.98 Å². The van der Waals surface area contributed by atoms with Gasteiger partial charge in [-0.1, -0.05) is 58.2 Å². The Morgan fingerprint density at radius 3 is 2.48 bits per heavy atom. The van der Waals surface area contributed by atoms with Crippen LogP contribution in [0.2, 0.25) is 15.1 Å². The van der Waals surface area contributed by atoms with Gasteiger partial charge in [0.1, 0.15) is 0 Å². The number of nitrogens with one attached hydrogen (secondary N) is 1. The predicted octanol–water partition coefficient (Wildman–Crippen LogP) is 4.33. The van der Waals surface area contributed by atoms with E-state index in [2.05, 4.69) is 15.5 Å². The number of nitrogens with zero attached hydrogens (tertiary/aromatic N) is 2. The molecule has 0 aliphatic rings. The van der Waals surface area contributed by atoms with Crippen LogP contribution in [-0.2, 0) is 6.54 Å². The second-order valence-electron chi connectivity index (χ2n) is 4.99. The smallest absolute Gasteiger partial charge is 0.292 e. The monoisotopic (exact) mass is 397 g/mol. The number of amides is 1. The summed E-state index contributed by atoms with van der Waals surface area (Å²) in [6.07, 6.45) is 0. The standard InChI is InChI=1S/C16H10Cl3N3O3/c17-10-4-2-1-3-8(10)7-20-15(24)14-21-16(25-22-14)9-5-11(18)13(23)12(19)6-9/h1-6,23H,7H2,(H,20,24). The lowest BCUT2D eigenvalue weighted by molar-refractivity contribution is 0.0937. The van der Waals surface area contributed by atoms with Crippen molar-refractivity contribution in [2.24, 2.45) is 0 Å². The van der Waals surface area contributed by atoms with Crippen LogP contribution in [0.15, 0.2) is 40.9 Å². The minimum absolute atomic E-state index is 0.0328. The lowest BCUT2D eigenvalue weighted by Gasteiger charge is -2.04. The first kappa shape index (κ1) is 17.5. The molecule has 1 aromatic heterocycles. The second kappa shape index (κ2) is 7.31. The molecule has 0 radical (unpaired) electrons. The molecule has 1 amide bonds. The zero-order valence-electron chi connectivity index (χ0n) is 12.5. The SMILES string of the molecule is O=C(NCc1ccccc1Cl)c1noc(-c2cc(Cl)c(O)c(Cl)c2)n1. The maximum absolute atomic E-state index is 12.1. The topological polar surface area (TPSA) is 88.2 Å². The first-order chi connectivity index (χ1) is 12.0. The molecule has 3 aromatic rings. The van der Waals surface area contributed by atoms with E-state index >= 15 is 0 Å². The van der Waals surface area contributed by atoms with Gasteiger partial charge in [-0.05, 0) is 23.8 Å². The molecular formula is C16H10Cl3N3O3. The number of halogens is 3. The van der Waals surface area contributed by atoms with Gasteiger partial charge in [-0.25, -0.2) is 0 Å². The van der Waals surface area contributed by atoms with E-state index in [-0.39, 0.29) is 34.1 Å². The molecule has 0 aliphatic carbocycles. The lowest BCUT2D eigenvalue weighted by Crippen LogP contribution is -2.24. The highest BCUT2D eigenvalue weighted by Crippen LogP contribution is 2.35. The minimum Gasteiger partial charge on any atom is -0.505 e. The van der Waals surface area contributed by atoms with E-state index in [1.165, 1.54) is 12.1 Å². The van der Waals surface area contributed by atoms with Crippen LogP contribution in [0.25, 0.3) is 11.5 Å². The van der Waals surface area contributed by atoms with Crippen molar-refractivity contribution in [3.05, 3.63) is 62.9 Å². The predicted molar refractivity (Wildman–Crippen MR) is 94.0 cm³/mol. The third-order valence-electron chi connectivity index (χ3n) is 3.29. The summed E-state index contributed by atoms with van der Waals surface area (Å²) >= 11 is 17.7. The van der Waals surface area contributed by atoms with Gasteiger partial charge in [0.05, 0.1) is 10.0 Å². The molecule has 0 aliphatic heterocycles. The van der Waals surface area contributed by atoms with Gasteiger partial charge in [-0.15, -0.1) is 0 Å². The molecule has 2 N–H and O–H groups in total. The number of rotatable bonds is 4. The molecule has 25 heavy (non-hydrogen) atoms. The zero-order valence-corrected chi connectivity index (χ0v) is 14.7. The Balaban J connectivity index is 1.75. The summed E-state index contributed by atoms with van der Waals surface area (Å²) in [5, 5.41) is 16.5. The van der Waals surface area contributed by atoms with Gasteiger partial charge in [0.2, 0.25) is 0 Å². The molecule has 0 unspecified atom stereocenters. The number of aromatic hydroxyl groups is 1. The largest absolute Gasteiger partial charge is 0.505 e. The van der Waals surface area contributed by atoms with Gasteiger partial charge in [0.15, 0.2) is 5.75 Å². The summed E-state index contributed by atoms with van der Waals surface area (Å²) in [7, 11) is 0. The van der Waals surface area contributed by atoms with E-state index < -0.39 is 5.91 Å². The summed E-state index contributed by atoms with van der Waals surface area (Å²) in [4.78, 5) is 16.1. The third-order valence-corrected chi connectivity index (χ3v) is 4.24. The van der Waals surface area contributed by atoms with Crippen LogP contribution in [0.5, 0.6) is 5.75 Å². The summed E-state index contributed by atoms with van der Waals surface area (Å²) in [6, 6.07) is 9.95. The second-order valence-corrected chi connectivity index (χ2v) is 6.21. The third kappa shape index (κ3) is 3.87. The Hall–Kier alpha value is -2.28. The van der Waals surface area contributed by atoms with Crippen molar-refractivity contribution in [2.75, 3.05) is 0 Å². The van der Waals surface area contributed by atoms with Crippen molar-refractivity contribution in [1.29, 1.82) is 0 Å². The molecule has 6 nitrogen and oxygen atoms in total. The van der Waals surface area contributed by atoms with Gasteiger partial charge in [-0.3, -0.25) is 4.79 Å². The fourth-order valence-corrected chi connectivity index (χ4v) is 2.71. The van der Waals surface area contributed by atoms with Gasteiger partial charge >= 0.3 is 0 Å². The summed E-state index contributed by atoms with van der Waals surface area (Å²) < 4.78 is 5.05. The van der Waals surface area contributed by atoms with Gasteiger partial charge in [0.25, 0.3) is 17.6 Å². The highest BCUT2D eigenvalue weighted by molar-refractivity contribution is 6.37. The summed E-state index contributed by atoms with van der Waals surface area (Å²) in [5.41, 5.74) is 1.14. The molecular weight excluding hydrogens is 389 g/mol. The fourth-order valence-electron chi connectivity index (χ4n) is 2.02. The Bertz CT molecular complexity index is 920. The first-order valence-electron chi connectivity index (χ1n) is 6.99. The van der Waals surface area contributed by atoms with Crippen molar-refractivity contribution in [2.45, 2.75) is 6.54 Å². The lowest BCUT2D eigenvalue weighted by atomic mass is 10.2. The Kier molecular flexibility index (Phi) is 5.13. The van der Waals surface area contributed by atoms with Crippen LogP contribution < -0.4 is 5.32 Å². The number of phenols is 1. The number of aromatic nitrogens is 2. The Labute approximate surface area is 157 Å². The molecule has 0 bridgehead atoms.